The molecular weight excluding hydrogens is 243 g/mol. The number of nitrogens with two attached hydrogens (primary N) is 1. The van der Waals surface area contributed by atoms with Gasteiger partial charge in [-0.05, 0) is 37.5 Å². The lowest BCUT2D eigenvalue weighted by Crippen LogP contribution is -2.44. The van der Waals surface area contributed by atoms with E-state index < -0.39 is 11.7 Å². The number of carbonyl (C=O) groups is 1. The van der Waals surface area contributed by atoms with Crippen LogP contribution in [-0.2, 0) is 0 Å². The molecule has 1 aromatic carbocycles. The first-order valence-electron chi connectivity index (χ1n) is 5.59. The van der Waals surface area contributed by atoms with E-state index in [0.29, 0.717) is 5.02 Å². The molecule has 1 saturated carbocycles. The van der Waals surface area contributed by atoms with Gasteiger partial charge in [-0.25, -0.2) is 4.39 Å². The topological polar surface area (TPSA) is 55.1 Å². The van der Waals surface area contributed by atoms with Crippen LogP contribution in [0.5, 0.6) is 0 Å². The van der Waals surface area contributed by atoms with E-state index in [0.717, 1.165) is 19.3 Å². The molecule has 1 amide bonds. The Hall–Kier alpha value is -1.13. The third-order valence-corrected chi connectivity index (χ3v) is 3.29. The molecule has 0 radical (unpaired) electrons. The lowest BCUT2D eigenvalue weighted by Gasteiger charge is -2.17. The molecule has 2 unspecified atom stereocenters. The van der Waals surface area contributed by atoms with Gasteiger partial charge in [0.25, 0.3) is 5.91 Å². The van der Waals surface area contributed by atoms with Crippen LogP contribution in [-0.4, -0.2) is 18.0 Å². The zero-order valence-electron chi connectivity index (χ0n) is 9.25. The lowest BCUT2D eigenvalue weighted by atomic mass is 10.1. The van der Waals surface area contributed by atoms with E-state index in [9.17, 15) is 9.18 Å². The average molecular weight is 257 g/mol. The van der Waals surface area contributed by atoms with Crippen molar-refractivity contribution in [3.05, 3.63) is 34.6 Å². The smallest absolute Gasteiger partial charge is 0.254 e. The molecule has 0 spiro atoms. The number of hydrogen-bond acceptors (Lipinski definition) is 2. The number of benzene rings is 1. The monoisotopic (exact) mass is 256 g/mol. The number of halogens is 2. The third kappa shape index (κ3) is 2.76. The van der Waals surface area contributed by atoms with Crippen LogP contribution in [0, 0.1) is 5.82 Å². The summed E-state index contributed by atoms with van der Waals surface area (Å²) in [7, 11) is 0. The fourth-order valence-corrected chi connectivity index (χ4v) is 2.26. The summed E-state index contributed by atoms with van der Waals surface area (Å²) in [5.41, 5.74) is 5.81. The molecule has 1 aliphatic rings. The minimum atomic E-state index is -0.571. The van der Waals surface area contributed by atoms with Crippen LogP contribution in [0.25, 0.3) is 0 Å². The van der Waals surface area contributed by atoms with Gasteiger partial charge in [0.1, 0.15) is 5.82 Å². The number of amides is 1. The van der Waals surface area contributed by atoms with Crippen molar-refractivity contribution in [3.8, 4) is 0 Å². The summed E-state index contributed by atoms with van der Waals surface area (Å²) in [6.07, 6.45) is 2.72. The van der Waals surface area contributed by atoms with Crippen LogP contribution in [0.3, 0.4) is 0 Å². The van der Waals surface area contributed by atoms with E-state index in [1.807, 2.05) is 0 Å². The Balaban J connectivity index is 2.11. The molecule has 92 valence electrons. The number of hydrogen-bond donors (Lipinski definition) is 2. The number of carbonyl (C=O) groups excluding carboxylic acids is 1. The quantitative estimate of drug-likeness (QED) is 0.851. The Morgan fingerprint density at radius 1 is 1.47 bits per heavy atom. The van der Waals surface area contributed by atoms with Crippen LogP contribution < -0.4 is 11.1 Å². The van der Waals surface area contributed by atoms with E-state index in [1.165, 1.54) is 18.2 Å². The SMILES string of the molecule is NC1CCCC1NC(=O)c1cc(Cl)ccc1F. The molecule has 5 heteroatoms. The number of rotatable bonds is 2. The van der Waals surface area contributed by atoms with Crippen molar-refractivity contribution in [2.75, 3.05) is 0 Å². The first-order valence-corrected chi connectivity index (χ1v) is 5.97. The highest BCUT2D eigenvalue weighted by molar-refractivity contribution is 6.31. The van der Waals surface area contributed by atoms with E-state index in [-0.39, 0.29) is 17.6 Å². The molecule has 1 aliphatic carbocycles. The first-order chi connectivity index (χ1) is 8.08. The highest BCUT2D eigenvalue weighted by atomic mass is 35.5. The lowest BCUT2D eigenvalue weighted by molar-refractivity contribution is 0.0930. The fourth-order valence-electron chi connectivity index (χ4n) is 2.09. The molecule has 17 heavy (non-hydrogen) atoms. The first kappa shape index (κ1) is 12.3. The van der Waals surface area contributed by atoms with E-state index in [2.05, 4.69) is 5.32 Å². The number of nitrogens with one attached hydrogen (secondary N) is 1. The van der Waals surface area contributed by atoms with Gasteiger partial charge in [0.15, 0.2) is 0 Å². The Bertz CT molecular complexity index is 439. The summed E-state index contributed by atoms with van der Waals surface area (Å²) in [6.45, 7) is 0. The van der Waals surface area contributed by atoms with Crippen molar-refractivity contribution in [2.45, 2.75) is 31.3 Å². The Labute approximate surface area is 104 Å². The molecule has 0 aliphatic heterocycles. The summed E-state index contributed by atoms with van der Waals surface area (Å²) >= 11 is 5.73. The van der Waals surface area contributed by atoms with Crippen LogP contribution in [0.1, 0.15) is 29.6 Å². The van der Waals surface area contributed by atoms with Crippen LogP contribution >= 0.6 is 11.6 Å². The van der Waals surface area contributed by atoms with Gasteiger partial charge < -0.3 is 11.1 Å². The van der Waals surface area contributed by atoms with E-state index in [1.54, 1.807) is 0 Å². The maximum absolute atomic E-state index is 13.4. The van der Waals surface area contributed by atoms with Crippen molar-refractivity contribution in [2.24, 2.45) is 5.73 Å². The maximum Gasteiger partial charge on any atom is 0.254 e. The summed E-state index contributed by atoms with van der Waals surface area (Å²) in [4.78, 5) is 11.9. The minimum absolute atomic E-state index is 0.0309. The van der Waals surface area contributed by atoms with E-state index >= 15 is 0 Å². The average Bonchev–Trinajstić information content (AvgIpc) is 2.68. The molecule has 3 nitrogen and oxygen atoms in total. The fraction of sp³-hybridized carbons (Fsp3) is 0.417. The van der Waals surface area contributed by atoms with Crippen molar-refractivity contribution in [1.29, 1.82) is 0 Å². The second-order valence-electron chi connectivity index (χ2n) is 4.30. The van der Waals surface area contributed by atoms with Gasteiger partial charge >= 0.3 is 0 Å². The second-order valence-corrected chi connectivity index (χ2v) is 4.74. The van der Waals surface area contributed by atoms with Gasteiger partial charge in [0.2, 0.25) is 0 Å². The minimum Gasteiger partial charge on any atom is -0.348 e. The van der Waals surface area contributed by atoms with Crippen LogP contribution in [0.15, 0.2) is 18.2 Å². The molecule has 0 bridgehead atoms. The Kier molecular flexibility index (Phi) is 3.64. The van der Waals surface area contributed by atoms with E-state index in [4.69, 9.17) is 17.3 Å². The summed E-state index contributed by atoms with van der Waals surface area (Å²) in [6, 6.07) is 3.81. The molecule has 2 rings (SSSR count). The largest absolute Gasteiger partial charge is 0.348 e. The van der Waals surface area contributed by atoms with Gasteiger partial charge in [-0.1, -0.05) is 11.6 Å². The predicted octanol–water partition coefficient (Wildman–Crippen LogP) is 2.09. The zero-order valence-corrected chi connectivity index (χ0v) is 10.0. The van der Waals surface area contributed by atoms with Crippen molar-refractivity contribution in [1.82, 2.24) is 5.32 Å². The van der Waals surface area contributed by atoms with Gasteiger partial charge in [0, 0.05) is 17.1 Å². The Morgan fingerprint density at radius 3 is 2.88 bits per heavy atom. The standard InChI is InChI=1S/C12H14ClFN2O/c13-7-4-5-9(14)8(6-7)12(17)16-11-3-1-2-10(11)15/h4-6,10-11H,1-3,15H2,(H,16,17). The normalized spacial score (nSPS) is 23.7. The third-order valence-electron chi connectivity index (χ3n) is 3.06. The van der Waals surface area contributed by atoms with Crippen molar-refractivity contribution >= 4 is 17.5 Å². The van der Waals surface area contributed by atoms with Gasteiger partial charge in [-0.3, -0.25) is 4.79 Å². The van der Waals surface area contributed by atoms with Crippen molar-refractivity contribution in [3.63, 3.8) is 0 Å². The molecule has 0 saturated heterocycles. The van der Waals surface area contributed by atoms with Crippen LogP contribution in [0.4, 0.5) is 4.39 Å². The zero-order chi connectivity index (χ0) is 12.4. The van der Waals surface area contributed by atoms with Gasteiger partial charge in [-0.15, -0.1) is 0 Å². The molecular formula is C12H14ClFN2O. The summed E-state index contributed by atoms with van der Waals surface area (Å²) in [5, 5.41) is 3.09. The van der Waals surface area contributed by atoms with Crippen LogP contribution in [0.2, 0.25) is 5.02 Å². The molecule has 0 heterocycles. The summed E-state index contributed by atoms with van der Waals surface area (Å²) in [5.74, 6) is -1.02. The maximum atomic E-state index is 13.4. The second kappa shape index (κ2) is 5.02. The Morgan fingerprint density at radius 2 is 2.24 bits per heavy atom. The molecule has 0 aromatic heterocycles. The molecule has 3 N–H and O–H groups in total. The summed E-state index contributed by atoms with van der Waals surface area (Å²) < 4.78 is 13.4. The highest BCUT2D eigenvalue weighted by Gasteiger charge is 2.26. The van der Waals surface area contributed by atoms with Gasteiger partial charge in [0.05, 0.1) is 5.56 Å². The van der Waals surface area contributed by atoms with Gasteiger partial charge in [-0.2, -0.15) is 0 Å². The molecule has 1 aromatic rings. The molecule has 2 atom stereocenters. The highest BCUT2D eigenvalue weighted by Crippen LogP contribution is 2.19. The molecule has 1 fully saturated rings. The predicted molar refractivity (Wildman–Crippen MR) is 64.5 cm³/mol. The van der Waals surface area contributed by atoms with Crippen molar-refractivity contribution < 1.29 is 9.18 Å².